The lowest BCUT2D eigenvalue weighted by Gasteiger charge is -2.10. The molecule has 1 heterocycles. The minimum atomic E-state index is -1.18. The maximum absolute atomic E-state index is 11.7. The first kappa shape index (κ1) is 20.9. The van der Waals surface area contributed by atoms with Gasteiger partial charge in [0.2, 0.25) is 0 Å². The summed E-state index contributed by atoms with van der Waals surface area (Å²) in [7, 11) is 0. The van der Waals surface area contributed by atoms with Gasteiger partial charge >= 0.3 is 5.97 Å². The number of hydrogen-bond donors (Lipinski definition) is 3. The van der Waals surface area contributed by atoms with Crippen LogP contribution in [-0.4, -0.2) is 31.3 Å². The zero-order chi connectivity index (χ0) is 21.8. The number of aromatic nitrogens is 2. The van der Waals surface area contributed by atoms with Gasteiger partial charge in [-0.25, -0.2) is 4.79 Å². The first-order valence-electron chi connectivity index (χ1n) is 9.25. The van der Waals surface area contributed by atoms with Crippen LogP contribution >= 0.6 is 0 Å². The van der Waals surface area contributed by atoms with Crippen molar-refractivity contribution in [3.8, 4) is 17.2 Å². The number of aliphatic carboxylic acids is 1. The van der Waals surface area contributed by atoms with Crippen LogP contribution in [0.4, 0.5) is 0 Å². The predicted molar refractivity (Wildman–Crippen MR) is 112 cm³/mol. The number of carboxylic acid groups (broad SMARTS) is 1. The highest BCUT2D eigenvalue weighted by molar-refractivity contribution is 6.20. The second-order valence-corrected chi connectivity index (χ2v) is 6.89. The van der Waals surface area contributed by atoms with Crippen molar-refractivity contribution in [3.63, 3.8) is 0 Å². The van der Waals surface area contributed by atoms with Crippen LogP contribution in [0.2, 0.25) is 0 Å². The topological polar surface area (TPSA) is 113 Å². The number of nitrogens with zero attached hydrogens (tertiary/aromatic N) is 2. The van der Waals surface area contributed by atoms with Crippen LogP contribution in [0.15, 0.2) is 42.5 Å². The van der Waals surface area contributed by atoms with E-state index in [0.29, 0.717) is 11.3 Å². The molecule has 0 atom stereocenters. The molecule has 3 N–H and O–H groups in total. The van der Waals surface area contributed by atoms with E-state index in [-0.39, 0.29) is 29.2 Å². The van der Waals surface area contributed by atoms with Crippen LogP contribution in [0.5, 0.6) is 17.2 Å². The maximum Gasteiger partial charge on any atom is 0.336 e. The summed E-state index contributed by atoms with van der Waals surface area (Å²) in [6, 6.07) is 10.6. The summed E-state index contributed by atoms with van der Waals surface area (Å²) in [4.78, 5) is 20.6. The fourth-order valence-electron chi connectivity index (χ4n) is 2.90. The zero-order valence-electron chi connectivity index (χ0n) is 16.9. The van der Waals surface area contributed by atoms with Gasteiger partial charge in [0.15, 0.2) is 0 Å². The van der Waals surface area contributed by atoms with E-state index in [2.05, 4.69) is 9.97 Å². The summed E-state index contributed by atoms with van der Waals surface area (Å²) >= 11 is 0. The molecule has 0 aliphatic carbocycles. The van der Waals surface area contributed by atoms with E-state index in [1.807, 2.05) is 20.8 Å². The van der Waals surface area contributed by atoms with Gasteiger partial charge in [-0.3, -0.25) is 9.97 Å². The van der Waals surface area contributed by atoms with Crippen LogP contribution in [0.25, 0.3) is 11.6 Å². The Morgan fingerprint density at radius 3 is 2.13 bits per heavy atom. The monoisotopic (exact) mass is 406 g/mol. The molecule has 0 aliphatic rings. The minimum Gasteiger partial charge on any atom is -0.508 e. The third kappa shape index (κ3) is 4.94. The van der Waals surface area contributed by atoms with Gasteiger partial charge in [-0.05, 0) is 62.2 Å². The van der Waals surface area contributed by atoms with E-state index in [1.54, 1.807) is 24.3 Å². The average Bonchev–Trinajstić information content (AvgIpc) is 2.67. The second-order valence-electron chi connectivity index (χ2n) is 6.89. The van der Waals surface area contributed by atoms with Crippen LogP contribution in [-0.2, 0) is 11.4 Å². The lowest BCUT2D eigenvalue weighted by Crippen LogP contribution is -2.06. The SMILES string of the molecule is Cc1nc(C)c(COc2ccc(/C=C(/C(=O)O)c3cc(O)cc(O)c3)cc2)nc1C. The Balaban J connectivity index is 1.78. The van der Waals surface area contributed by atoms with E-state index in [1.165, 1.54) is 18.2 Å². The van der Waals surface area contributed by atoms with Gasteiger partial charge in [-0.15, -0.1) is 0 Å². The highest BCUT2D eigenvalue weighted by Crippen LogP contribution is 2.27. The lowest BCUT2D eigenvalue weighted by atomic mass is 10.0. The van der Waals surface area contributed by atoms with E-state index in [4.69, 9.17) is 4.74 Å². The summed E-state index contributed by atoms with van der Waals surface area (Å²) in [5.41, 5.74) is 4.10. The highest BCUT2D eigenvalue weighted by Gasteiger charge is 2.13. The van der Waals surface area contributed by atoms with Crippen LogP contribution < -0.4 is 4.74 Å². The molecule has 1 aromatic heterocycles. The molecule has 0 saturated carbocycles. The molecule has 3 rings (SSSR count). The minimum absolute atomic E-state index is 0.0594. The smallest absolute Gasteiger partial charge is 0.336 e. The summed E-state index contributed by atoms with van der Waals surface area (Å²) in [5, 5.41) is 28.8. The van der Waals surface area contributed by atoms with Crippen LogP contribution in [0, 0.1) is 20.8 Å². The van der Waals surface area contributed by atoms with Crippen LogP contribution in [0.3, 0.4) is 0 Å². The molecular formula is C23H22N2O5. The normalized spacial score (nSPS) is 11.4. The van der Waals surface area contributed by atoms with Gasteiger partial charge in [-0.2, -0.15) is 0 Å². The van der Waals surface area contributed by atoms with Crippen molar-refractivity contribution in [1.29, 1.82) is 0 Å². The number of aryl methyl sites for hydroxylation is 3. The lowest BCUT2D eigenvalue weighted by molar-refractivity contribution is -0.130. The first-order valence-corrected chi connectivity index (χ1v) is 9.25. The van der Waals surface area contributed by atoms with Gasteiger partial charge in [0, 0.05) is 6.07 Å². The van der Waals surface area contributed by atoms with Crippen molar-refractivity contribution in [3.05, 3.63) is 76.4 Å². The standard InChI is InChI=1S/C23H22N2O5/c1-13-14(2)25-22(15(3)24-13)12-30-20-6-4-16(5-7-20)8-21(23(28)29)17-9-18(26)11-19(27)10-17/h4-11,26-27H,12H2,1-3H3,(H,28,29)/b21-8+. The highest BCUT2D eigenvalue weighted by atomic mass is 16.5. The number of carboxylic acids is 1. The molecule has 0 amide bonds. The van der Waals surface area contributed by atoms with Crippen molar-refractivity contribution in [2.45, 2.75) is 27.4 Å². The molecule has 7 nitrogen and oxygen atoms in total. The maximum atomic E-state index is 11.7. The fourth-order valence-corrected chi connectivity index (χ4v) is 2.90. The fraction of sp³-hybridized carbons (Fsp3) is 0.174. The Morgan fingerprint density at radius 1 is 0.933 bits per heavy atom. The molecule has 0 bridgehead atoms. The van der Waals surface area contributed by atoms with Gasteiger partial charge in [-0.1, -0.05) is 12.1 Å². The van der Waals surface area contributed by atoms with Gasteiger partial charge < -0.3 is 20.1 Å². The van der Waals surface area contributed by atoms with Gasteiger partial charge in [0.05, 0.1) is 28.3 Å². The van der Waals surface area contributed by atoms with E-state index < -0.39 is 5.97 Å². The Bertz CT molecular complexity index is 1100. The number of carbonyl (C=O) groups is 1. The van der Waals surface area contributed by atoms with Crippen LogP contribution in [0.1, 0.15) is 33.9 Å². The molecule has 2 aromatic carbocycles. The third-order valence-electron chi connectivity index (χ3n) is 4.59. The summed E-state index contributed by atoms with van der Waals surface area (Å²) in [6.45, 7) is 5.98. The number of phenolic OH excluding ortho intramolecular Hbond substituents is 2. The molecular weight excluding hydrogens is 384 g/mol. The quantitative estimate of drug-likeness (QED) is 0.419. The summed E-state index contributed by atoms with van der Waals surface area (Å²) in [6.07, 6.45) is 1.46. The molecule has 0 saturated heterocycles. The Hall–Kier alpha value is -3.87. The van der Waals surface area contributed by atoms with Gasteiger partial charge in [0.1, 0.15) is 23.9 Å². The number of benzene rings is 2. The Labute approximate surface area is 174 Å². The summed E-state index contributed by atoms with van der Waals surface area (Å²) < 4.78 is 5.79. The van der Waals surface area contributed by atoms with Crippen molar-refractivity contribution in [1.82, 2.24) is 9.97 Å². The number of aromatic hydroxyl groups is 2. The largest absolute Gasteiger partial charge is 0.508 e. The number of ether oxygens (including phenoxy) is 1. The molecule has 0 unspecified atom stereocenters. The van der Waals surface area contributed by atoms with Crippen molar-refractivity contribution >= 4 is 17.6 Å². The average molecular weight is 406 g/mol. The van der Waals surface area contributed by atoms with E-state index in [9.17, 15) is 20.1 Å². The third-order valence-corrected chi connectivity index (χ3v) is 4.59. The first-order chi connectivity index (χ1) is 14.2. The van der Waals surface area contributed by atoms with Crippen molar-refractivity contribution < 1.29 is 24.9 Å². The molecule has 3 aromatic rings. The predicted octanol–water partition coefficient (Wildman–Crippen LogP) is 4.02. The Kier molecular flexibility index (Phi) is 6.01. The number of rotatable bonds is 6. The molecule has 0 radical (unpaired) electrons. The van der Waals surface area contributed by atoms with Crippen molar-refractivity contribution in [2.24, 2.45) is 0 Å². The van der Waals surface area contributed by atoms with E-state index >= 15 is 0 Å². The molecule has 7 heteroatoms. The Morgan fingerprint density at radius 2 is 1.53 bits per heavy atom. The molecule has 154 valence electrons. The van der Waals surface area contributed by atoms with Gasteiger partial charge in [0.25, 0.3) is 0 Å². The number of phenols is 2. The molecule has 0 aliphatic heterocycles. The van der Waals surface area contributed by atoms with E-state index in [0.717, 1.165) is 28.8 Å². The second kappa shape index (κ2) is 8.65. The molecule has 0 spiro atoms. The molecule has 30 heavy (non-hydrogen) atoms. The molecule has 0 fully saturated rings. The van der Waals surface area contributed by atoms with Crippen molar-refractivity contribution in [2.75, 3.05) is 0 Å². The number of hydrogen-bond acceptors (Lipinski definition) is 6. The summed E-state index contributed by atoms with van der Waals surface area (Å²) in [5.74, 6) is -1.00. The zero-order valence-corrected chi connectivity index (χ0v) is 16.9.